The van der Waals surface area contributed by atoms with Crippen LogP contribution in [0.25, 0.3) is 0 Å². The minimum absolute atomic E-state index is 0.356. The van der Waals surface area contributed by atoms with Crippen molar-refractivity contribution in [3.05, 3.63) is 42.2 Å². The fraction of sp³-hybridized carbons (Fsp3) is 0.231. The number of benzene rings is 1. The van der Waals surface area contributed by atoms with Crippen LogP contribution < -0.4 is 15.8 Å². The van der Waals surface area contributed by atoms with Crippen LogP contribution in [0.4, 0.5) is 5.69 Å². The van der Waals surface area contributed by atoms with Gasteiger partial charge in [0.1, 0.15) is 5.75 Å². The lowest BCUT2D eigenvalue weighted by molar-refractivity contribution is 0.415. The van der Waals surface area contributed by atoms with Gasteiger partial charge in [-0.1, -0.05) is 6.07 Å². The van der Waals surface area contributed by atoms with Gasteiger partial charge in [0.25, 0.3) is 0 Å². The maximum atomic E-state index is 5.83. The Bertz CT molecular complexity index is 576. The van der Waals surface area contributed by atoms with Gasteiger partial charge in [-0.25, -0.2) is 4.99 Å². The van der Waals surface area contributed by atoms with Gasteiger partial charge in [0.15, 0.2) is 5.96 Å². The van der Waals surface area contributed by atoms with Gasteiger partial charge < -0.3 is 15.8 Å². The predicted octanol–water partition coefficient (Wildman–Crippen LogP) is 1.36. The standard InChI is InChI=1S/C13H17N5O/c1-18-11(6-7-16-18)9-15-13(14)17-10-4-3-5-12(8-10)19-2/h3-8H,9H2,1-2H3,(H3,14,15,17). The monoisotopic (exact) mass is 259 g/mol. The van der Waals surface area contributed by atoms with Crippen molar-refractivity contribution in [1.82, 2.24) is 9.78 Å². The molecule has 0 radical (unpaired) electrons. The van der Waals surface area contributed by atoms with Crippen LogP contribution in [0.2, 0.25) is 0 Å². The van der Waals surface area contributed by atoms with Crippen LogP contribution in [0.5, 0.6) is 5.75 Å². The van der Waals surface area contributed by atoms with E-state index in [1.54, 1.807) is 18.0 Å². The molecule has 0 aliphatic heterocycles. The first-order valence-electron chi connectivity index (χ1n) is 5.87. The Morgan fingerprint density at radius 3 is 3.00 bits per heavy atom. The second-order valence-corrected chi connectivity index (χ2v) is 4.00. The van der Waals surface area contributed by atoms with E-state index in [0.29, 0.717) is 12.5 Å². The van der Waals surface area contributed by atoms with E-state index < -0.39 is 0 Å². The molecule has 6 heteroatoms. The van der Waals surface area contributed by atoms with E-state index in [9.17, 15) is 0 Å². The number of hydrogen-bond acceptors (Lipinski definition) is 3. The van der Waals surface area contributed by atoms with E-state index in [-0.39, 0.29) is 0 Å². The van der Waals surface area contributed by atoms with E-state index in [4.69, 9.17) is 10.5 Å². The summed E-state index contributed by atoms with van der Waals surface area (Å²) in [6.07, 6.45) is 1.73. The molecule has 1 heterocycles. The molecular formula is C13H17N5O. The summed E-state index contributed by atoms with van der Waals surface area (Å²) in [4.78, 5) is 4.26. The van der Waals surface area contributed by atoms with E-state index in [2.05, 4.69) is 15.4 Å². The number of guanidine groups is 1. The minimum atomic E-state index is 0.356. The molecule has 0 unspecified atom stereocenters. The van der Waals surface area contributed by atoms with Crippen molar-refractivity contribution >= 4 is 11.6 Å². The van der Waals surface area contributed by atoms with Crippen LogP contribution in [0.1, 0.15) is 5.69 Å². The summed E-state index contributed by atoms with van der Waals surface area (Å²) in [6, 6.07) is 9.41. The Morgan fingerprint density at radius 2 is 2.32 bits per heavy atom. The second kappa shape index (κ2) is 5.90. The first-order chi connectivity index (χ1) is 9.19. The van der Waals surface area contributed by atoms with Crippen LogP contribution >= 0.6 is 0 Å². The van der Waals surface area contributed by atoms with E-state index in [1.807, 2.05) is 37.4 Å². The summed E-state index contributed by atoms with van der Waals surface area (Å²) in [5, 5.41) is 7.09. The third-order valence-electron chi connectivity index (χ3n) is 2.68. The van der Waals surface area contributed by atoms with Crippen LogP contribution in [-0.4, -0.2) is 22.8 Å². The van der Waals surface area contributed by atoms with Crippen molar-refractivity contribution in [2.24, 2.45) is 17.8 Å². The summed E-state index contributed by atoms with van der Waals surface area (Å²) < 4.78 is 6.90. The molecule has 19 heavy (non-hydrogen) atoms. The molecule has 2 rings (SSSR count). The van der Waals surface area contributed by atoms with Gasteiger partial charge in [0.05, 0.1) is 19.3 Å². The number of aryl methyl sites for hydroxylation is 1. The zero-order chi connectivity index (χ0) is 13.7. The lowest BCUT2D eigenvalue weighted by atomic mass is 10.3. The largest absolute Gasteiger partial charge is 0.497 e. The highest BCUT2D eigenvalue weighted by atomic mass is 16.5. The van der Waals surface area contributed by atoms with Crippen LogP contribution in [0, 0.1) is 0 Å². The van der Waals surface area contributed by atoms with Gasteiger partial charge in [-0.15, -0.1) is 0 Å². The van der Waals surface area contributed by atoms with Crippen molar-refractivity contribution < 1.29 is 4.74 Å². The third-order valence-corrected chi connectivity index (χ3v) is 2.68. The Balaban J connectivity index is 2.00. The number of anilines is 1. The van der Waals surface area contributed by atoms with Gasteiger partial charge in [-0.05, 0) is 18.2 Å². The van der Waals surface area contributed by atoms with Crippen molar-refractivity contribution in [3.8, 4) is 5.75 Å². The average Bonchev–Trinajstić information content (AvgIpc) is 2.82. The van der Waals surface area contributed by atoms with Gasteiger partial charge >= 0.3 is 0 Å². The number of nitrogens with two attached hydrogens (primary N) is 1. The van der Waals surface area contributed by atoms with E-state index >= 15 is 0 Å². The highest BCUT2D eigenvalue weighted by Gasteiger charge is 1.99. The van der Waals surface area contributed by atoms with Gasteiger partial charge in [0, 0.05) is 25.0 Å². The molecule has 1 aromatic heterocycles. The molecule has 100 valence electrons. The number of aromatic nitrogens is 2. The predicted molar refractivity (Wildman–Crippen MR) is 75.2 cm³/mol. The average molecular weight is 259 g/mol. The quantitative estimate of drug-likeness (QED) is 0.642. The number of nitrogens with one attached hydrogen (secondary N) is 1. The van der Waals surface area contributed by atoms with Gasteiger partial charge in [-0.3, -0.25) is 4.68 Å². The maximum absolute atomic E-state index is 5.83. The fourth-order valence-electron chi connectivity index (χ4n) is 1.61. The smallest absolute Gasteiger partial charge is 0.193 e. The Labute approximate surface area is 111 Å². The van der Waals surface area contributed by atoms with Crippen molar-refractivity contribution in [2.75, 3.05) is 12.4 Å². The lowest BCUT2D eigenvalue weighted by Crippen LogP contribution is -2.22. The first-order valence-corrected chi connectivity index (χ1v) is 5.87. The summed E-state index contributed by atoms with van der Waals surface area (Å²) in [5.41, 5.74) is 7.67. The van der Waals surface area contributed by atoms with Gasteiger partial charge in [0.2, 0.25) is 0 Å². The Hall–Kier alpha value is -2.50. The maximum Gasteiger partial charge on any atom is 0.193 e. The Kier molecular flexibility index (Phi) is 4.02. The molecule has 0 fully saturated rings. The number of methoxy groups -OCH3 is 1. The molecule has 3 N–H and O–H groups in total. The number of nitrogens with zero attached hydrogens (tertiary/aromatic N) is 3. The molecular weight excluding hydrogens is 242 g/mol. The molecule has 0 saturated carbocycles. The van der Waals surface area contributed by atoms with Crippen LogP contribution in [-0.2, 0) is 13.6 Å². The Morgan fingerprint density at radius 1 is 1.47 bits per heavy atom. The number of hydrogen-bond donors (Lipinski definition) is 2. The van der Waals surface area contributed by atoms with Crippen LogP contribution in [0.3, 0.4) is 0 Å². The molecule has 0 aliphatic rings. The fourth-order valence-corrected chi connectivity index (χ4v) is 1.61. The minimum Gasteiger partial charge on any atom is -0.497 e. The molecule has 0 amide bonds. The molecule has 6 nitrogen and oxygen atoms in total. The van der Waals surface area contributed by atoms with Crippen LogP contribution in [0.15, 0.2) is 41.5 Å². The molecule has 0 spiro atoms. The normalized spacial score (nSPS) is 11.4. The highest BCUT2D eigenvalue weighted by Crippen LogP contribution is 2.16. The molecule has 1 aromatic carbocycles. The zero-order valence-electron chi connectivity index (χ0n) is 11.0. The zero-order valence-corrected chi connectivity index (χ0v) is 11.0. The highest BCUT2D eigenvalue weighted by molar-refractivity contribution is 5.92. The number of rotatable bonds is 4. The summed E-state index contributed by atoms with van der Waals surface area (Å²) >= 11 is 0. The van der Waals surface area contributed by atoms with Crippen molar-refractivity contribution in [2.45, 2.75) is 6.54 Å². The topological polar surface area (TPSA) is 77.5 Å². The number of ether oxygens (including phenoxy) is 1. The summed E-state index contributed by atoms with van der Waals surface area (Å²) in [6.45, 7) is 0.485. The van der Waals surface area contributed by atoms with E-state index in [0.717, 1.165) is 17.1 Å². The number of aliphatic imine (C=N–C) groups is 1. The summed E-state index contributed by atoms with van der Waals surface area (Å²) in [5.74, 6) is 1.12. The van der Waals surface area contributed by atoms with Crippen molar-refractivity contribution in [3.63, 3.8) is 0 Å². The molecule has 0 bridgehead atoms. The second-order valence-electron chi connectivity index (χ2n) is 4.00. The molecule has 0 aliphatic carbocycles. The van der Waals surface area contributed by atoms with E-state index in [1.165, 1.54) is 0 Å². The molecule has 2 aromatic rings. The first kappa shape index (κ1) is 12.9. The summed E-state index contributed by atoms with van der Waals surface area (Å²) in [7, 11) is 3.50. The SMILES string of the molecule is COc1cccc(NC(N)=NCc2ccnn2C)c1. The van der Waals surface area contributed by atoms with Gasteiger partial charge in [-0.2, -0.15) is 5.10 Å². The molecule has 0 atom stereocenters. The third kappa shape index (κ3) is 3.48. The lowest BCUT2D eigenvalue weighted by Gasteiger charge is -2.07. The van der Waals surface area contributed by atoms with Crippen molar-refractivity contribution in [1.29, 1.82) is 0 Å². The molecule has 0 saturated heterocycles.